The SMILES string of the molecule is Cc1ccc(CC2CCC(N(C)C)CC2)cn1. The Morgan fingerprint density at radius 2 is 1.88 bits per heavy atom. The van der Waals surface area contributed by atoms with Gasteiger partial charge in [0, 0.05) is 17.9 Å². The summed E-state index contributed by atoms with van der Waals surface area (Å²) in [7, 11) is 4.41. The van der Waals surface area contributed by atoms with Gasteiger partial charge in [0.05, 0.1) is 0 Å². The Morgan fingerprint density at radius 3 is 2.41 bits per heavy atom. The van der Waals surface area contributed by atoms with Gasteiger partial charge in [-0.3, -0.25) is 4.98 Å². The molecule has 0 unspecified atom stereocenters. The molecule has 2 rings (SSSR count). The second-order valence-corrected chi connectivity index (χ2v) is 5.65. The zero-order valence-corrected chi connectivity index (χ0v) is 11.3. The van der Waals surface area contributed by atoms with Gasteiger partial charge in [0.15, 0.2) is 0 Å². The minimum Gasteiger partial charge on any atom is -0.306 e. The largest absolute Gasteiger partial charge is 0.306 e. The first kappa shape index (κ1) is 12.6. The van der Waals surface area contributed by atoms with Crippen LogP contribution in [0.4, 0.5) is 0 Å². The lowest BCUT2D eigenvalue weighted by molar-refractivity contribution is 0.193. The lowest BCUT2D eigenvalue weighted by Crippen LogP contribution is -2.32. The van der Waals surface area contributed by atoms with Crippen molar-refractivity contribution < 1.29 is 0 Å². The molecule has 0 saturated heterocycles. The van der Waals surface area contributed by atoms with E-state index >= 15 is 0 Å². The first-order valence-corrected chi connectivity index (χ1v) is 6.73. The molecule has 0 aliphatic heterocycles. The third kappa shape index (κ3) is 3.53. The normalized spacial score (nSPS) is 25.2. The molecule has 0 N–H and O–H groups in total. The molecule has 1 aliphatic carbocycles. The number of aromatic nitrogens is 1. The van der Waals surface area contributed by atoms with Gasteiger partial charge in [-0.05, 0) is 70.7 Å². The Morgan fingerprint density at radius 1 is 1.18 bits per heavy atom. The molecule has 0 atom stereocenters. The quantitative estimate of drug-likeness (QED) is 0.796. The Labute approximate surface area is 105 Å². The van der Waals surface area contributed by atoms with E-state index in [1.54, 1.807) is 0 Å². The van der Waals surface area contributed by atoms with Gasteiger partial charge in [-0.25, -0.2) is 0 Å². The van der Waals surface area contributed by atoms with Crippen molar-refractivity contribution in [1.29, 1.82) is 0 Å². The Balaban J connectivity index is 1.84. The number of rotatable bonds is 3. The van der Waals surface area contributed by atoms with Crippen LogP contribution in [0.15, 0.2) is 18.3 Å². The van der Waals surface area contributed by atoms with Crippen molar-refractivity contribution in [2.75, 3.05) is 14.1 Å². The van der Waals surface area contributed by atoms with Gasteiger partial charge in [0.25, 0.3) is 0 Å². The van der Waals surface area contributed by atoms with E-state index in [0.717, 1.165) is 17.7 Å². The van der Waals surface area contributed by atoms with Crippen LogP contribution in [-0.4, -0.2) is 30.0 Å². The molecule has 1 fully saturated rings. The summed E-state index contributed by atoms with van der Waals surface area (Å²) in [6.07, 6.45) is 8.72. The van der Waals surface area contributed by atoms with E-state index in [1.165, 1.54) is 37.7 Å². The van der Waals surface area contributed by atoms with E-state index in [4.69, 9.17) is 0 Å². The second-order valence-electron chi connectivity index (χ2n) is 5.65. The summed E-state index contributed by atoms with van der Waals surface area (Å²) < 4.78 is 0. The summed E-state index contributed by atoms with van der Waals surface area (Å²) in [6, 6.07) is 5.17. The highest BCUT2D eigenvalue weighted by Gasteiger charge is 2.22. The maximum atomic E-state index is 4.38. The molecular weight excluding hydrogens is 208 g/mol. The molecule has 1 aromatic heterocycles. The highest BCUT2D eigenvalue weighted by Crippen LogP contribution is 2.28. The number of hydrogen-bond acceptors (Lipinski definition) is 2. The van der Waals surface area contributed by atoms with E-state index in [9.17, 15) is 0 Å². The summed E-state index contributed by atoms with van der Waals surface area (Å²) in [6.45, 7) is 2.05. The molecule has 94 valence electrons. The van der Waals surface area contributed by atoms with Crippen molar-refractivity contribution >= 4 is 0 Å². The molecule has 0 radical (unpaired) electrons. The molecule has 0 spiro atoms. The summed E-state index contributed by atoms with van der Waals surface area (Å²) in [5, 5.41) is 0. The zero-order valence-electron chi connectivity index (χ0n) is 11.3. The number of nitrogens with zero attached hydrogens (tertiary/aromatic N) is 2. The highest BCUT2D eigenvalue weighted by atomic mass is 15.1. The average molecular weight is 232 g/mol. The molecule has 1 saturated carbocycles. The first-order chi connectivity index (χ1) is 8.15. The van der Waals surface area contributed by atoms with Crippen LogP contribution in [0.2, 0.25) is 0 Å². The van der Waals surface area contributed by atoms with Crippen LogP contribution < -0.4 is 0 Å². The standard InChI is InChI=1S/C15H24N2/c1-12-4-5-14(11-16-12)10-13-6-8-15(9-7-13)17(2)3/h4-5,11,13,15H,6-10H2,1-3H3. The number of hydrogen-bond donors (Lipinski definition) is 0. The van der Waals surface area contributed by atoms with Crippen LogP contribution in [0.1, 0.15) is 36.9 Å². The predicted molar refractivity (Wildman–Crippen MR) is 72.1 cm³/mol. The van der Waals surface area contributed by atoms with Crippen LogP contribution in [-0.2, 0) is 6.42 Å². The molecule has 0 aromatic carbocycles. The van der Waals surface area contributed by atoms with E-state index in [2.05, 4.69) is 36.1 Å². The van der Waals surface area contributed by atoms with E-state index in [1.807, 2.05) is 13.1 Å². The van der Waals surface area contributed by atoms with Crippen molar-refractivity contribution in [3.8, 4) is 0 Å². The van der Waals surface area contributed by atoms with Crippen LogP contribution in [0.5, 0.6) is 0 Å². The van der Waals surface area contributed by atoms with E-state index in [-0.39, 0.29) is 0 Å². The van der Waals surface area contributed by atoms with Crippen molar-refractivity contribution in [1.82, 2.24) is 9.88 Å². The number of aryl methyl sites for hydroxylation is 1. The molecule has 1 aromatic rings. The Bertz CT molecular complexity index is 334. The molecule has 17 heavy (non-hydrogen) atoms. The summed E-state index contributed by atoms with van der Waals surface area (Å²) in [5.41, 5.74) is 2.52. The first-order valence-electron chi connectivity index (χ1n) is 6.73. The fraction of sp³-hybridized carbons (Fsp3) is 0.667. The predicted octanol–water partition coefficient (Wildman–Crippen LogP) is 3.05. The summed E-state index contributed by atoms with van der Waals surface area (Å²) in [4.78, 5) is 6.76. The Hall–Kier alpha value is -0.890. The fourth-order valence-corrected chi connectivity index (χ4v) is 2.82. The van der Waals surface area contributed by atoms with Crippen molar-refractivity contribution in [2.24, 2.45) is 5.92 Å². The summed E-state index contributed by atoms with van der Waals surface area (Å²) in [5.74, 6) is 0.871. The van der Waals surface area contributed by atoms with Gasteiger partial charge in [0.1, 0.15) is 0 Å². The average Bonchev–Trinajstić information content (AvgIpc) is 2.33. The van der Waals surface area contributed by atoms with E-state index < -0.39 is 0 Å². The van der Waals surface area contributed by atoms with Crippen LogP contribution in [0, 0.1) is 12.8 Å². The van der Waals surface area contributed by atoms with Crippen molar-refractivity contribution in [3.63, 3.8) is 0 Å². The van der Waals surface area contributed by atoms with Crippen molar-refractivity contribution in [3.05, 3.63) is 29.6 Å². The van der Waals surface area contributed by atoms with Gasteiger partial charge in [-0.2, -0.15) is 0 Å². The fourth-order valence-electron chi connectivity index (χ4n) is 2.82. The minimum atomic E-state index is 0.808. The Kier molecular flexibility index (Phi) is 4.16. The lowest BCUT2D eigenvalue weighted by Gasteiger charge is -2.32. The molecular formula is C15H24N2. The maximum absolute atomic E-state index is 4.38. The molecule has 2 nitrogen and oxygen atoms in total. The lowest BCUT2D eigenvalue weighted by atomic mass is 9.82. The topological polar surface area (TPSA) is 16.1 Å². The molecule has 0 bridgehead atoms. The molecule has 0 amide bonds. The monoisotopic (exact) mass is 232 g/mol. The van der Waals surface area contributed by atoms with Gasteiger partial charge >= 0.3 is 0 Å². The van der Waals surface area contributed by atoms with Gasteiger partial charge in [-0.15, -0.1) is 0 Å². The smallest absolute Gasteiger partial charge is 0.0372 e. The van der Waals surface area contributed by atoms with Crippen LogP contribution in [0.25, 0.3) is 0 Å². The van der Waals surface area contributed by atoms with Gasteiger partial charge in [0.2, 0.25) is 0 Å². The van der Waals surface area contributed by atoms with Gasteiger partial charge < -0.3 is 4.90 Å². The highest BCUT2D eigenvalue weighted by molar-refractivity contribution is 5.13. The third-order valence-electron chi connectivity index (χ3n) is 4.04. The molecule has 2 heteroatoms. The molecule has 1 aliphatic rings. The maximum Gasteiger partial charge on any atom is 0.0372 e. The molecule has 1 heterocycles. The van der Waals surface area contributed by atoms with E-state index in [0.29, 0.717) is 0 Å². The van der Waals surface area contributed by atoms with Gasteiger partial charge in [-0.1, -0.05) is 6.07 Å². The van der Waals surface area contributed by atoms with Crippen molar-refractivity contribution in [2.45, 2.75) is 45.1 Å². The number of pyridine rings is 1. The zero-order chi connectivity index (χ0) is 12.3. The van der Waals surface area contributed by atoms with Crippen LogP contribution in [0.3, 0.4) is 0 Å². The van der Waals surface area contributed by atoms with Crippen LogP contribution >= 0.6 is 0 Å². The minimum absolute atomic E-state index is 0.808. The second kappa shape index (κ2) is 5.63. The third-order valence-corrected chi connectivity index (χ3v) is 4.04. The summed E-state index contributed by atoms with van der Waals surface area (Å²) >= 11 is 0.